The molecule has 2 aromatic rings. The van der Waals surface area contributed by atoms with Crippen LogP contribution in [0.15, 0.2) is 46.3 Å². The molecule has 1 aromatic carbocycles. The second-order valence-corrected chi connectivity index (χ2v) is 5.44. The van der Waals surface area contributed by atoms with Gasteiger partial charge < -0.3 is 5.11 Å². The summed E-state index contributed by atoms with van der Waals surface area (Å²) in [5.74, 6) is -0.932. The fourth-order valence-electron chi connectivity index (χ4n) is 1.45. The number of halogens is 1. The first-order chi connectivity index (χ1) is 8.65. The van der Waals surface area contributed by atoms with Crippen molar-refractivity contribution in [3.63, 3.8) is 0 Å². The lowest BCUT2D eigenvalue weighted by atomic mass is 10.2. The highest BCUT2D eigenvalue weighted by molar-refractivity contribution is 9.10. The Morgan fingerprint density at radius 1 is 1.50 bits per heavy atom. The largest absolute Gasteiger partial charge is 0.478 e. The molecule has 0 aliphatic rings. The van der Waals surface area contributed by atoms with Crippen LogP contribution in [0.25, 0.3) is 11.3 Å². The number of carboxylic acids is 1. The average molecular weight is 324 g/mol. The Morgan fingerprint density at radius 3 is 3.06 bits per heavy atom. The molecule has 0 saturated carbocycles. The average Bonchev–Trinajstić information content (AvgIpc) is 2.77. The molecular formula is C13H10BrNO2S. The fourth-order valence-corrected chi connectivity index (χ4v) is 2.62. The summed E-state index contributed by atoms with van der Waals surface area (Å²) in [7, 11) is 0. The van der Waals surface area contributed by atoms with Crippen molar-refractivity contribution in [1.82, 2.24) is 4.98 Å². The van der Waals surface area contributed by atoms with E-state index in [2.05, 4.69) is 20.9 Å². The second-order valence-electron chi connectivity index (χ2n) is 3.58. The van der Waals surface area contributed by atoms with Crippen molar-refractivity contribution >= 4 is 33.2 Å². The van der Waals surface area contributed by atoms with E-state index >= 15 is 0 Å². The van der Waals surface area contributed by atoms with E-state index in [1.54, 1.807) is 6.08 Å². The molecule has 18 heavy (non-hydrogen) atoms. The topological polar surface area (TPSA) is 50.2 Å². The number of aliphatic carboxylic acids is 1. The highest BCUT2D eigenvalue weighted by Crippen LogP contribution is 2.24. The molecule has 3 nitrogen and oxygen atoms in total. The van der Waals surface area contributed by atoms with E-state index in [9.17, 15) is 4.79 Å². The minimum Gasteiger partial charge on any atom is -0.478 e. The number of thiazole rings is 1. The van der Waals surface area contributed by atoms with Crippen LogP contribution >= 0.6 is 27.3 Å². The van der Waals surface area contributed by atoms with Crippen LogP contribution in [0.5, 0.6) is 0 Å². The number of allylic oxidation sites excluding steroid dienone is 1. The molecule has 0 saturated heterocycles. The van der Waals surface area contributed by atoms with Crippen LogP contribution in [0.1, 0.15) is 5.01 Å². The van der Waals surface area contributed by atoms with Crippen LogP contribution in [0.4, 0.5) is 0 Å². The Morgan fingerprint density at radius 2 is 2.33 bits per heavy atom. The Bertz CT molecular complexity index is 592. The van der Waals surface area contributed by atoms with Gasteiger partial charge in [0.2, 0.25) is 0 Å². The van der Waals surface area contributed by atoms with Crippen molar-refractivity contribution in [2.75, 3.05) is 0 Å². The molecule has 0 spiro atoms. The molecule has 0 unspecified atom stereocenters. The van der Waals surface area contributed by atoms with Crippen LogP contribution < -0.4 is 0 Å². The van der Waals surface area contributed by atoms with Crippen LogP contribution in [-0.4, -0.2) is 16.1 Å². The number of benzene rings is 1. The first-order valence-electron chi connectivity index (χ1n) is 5.25. The molecule has 1 aromatic heterocycles. The van der Waals surface area contributed by atoms with Gasteiger partial charge in [-0.2, -0.15) is 0 Å². The Kier molecular flexibility index (Phi) is 4.28. The van der Waals surface area contributed by atoms with Gasteiger partial charge in [0.1, 0.15) is 0 Å². The number of carboxylic acid groups (broad SMARTS) is 1. The molecular weight excluding hydrogens is 314 g/mol. The number of carbonyl (C=O) groups is 1. The van der Waals surface area contributed by atoms with E-state index in [0.717, 1.165) is 26.8 Å². The number of hydrogen-bond acceptors (Lipinski definition) is 3. The third kappa shape index (κ3) is 3.51. The summed E-state index contributed by atoms with van der Waals surface area (Å²) < 4.78 is 1.01. The van der Waals surface area contributed by atoms with Gasteiger partial charge >= 0.3 is 5.97 Å². The SMILES string of the molecule is O=C(O)/C=C/Cc1nc(-c2cccc(Br)c2)cs1. The highest BCUT2D eigenvalue weighted by Gasteiger charge is 2.04. The number of rotatable bonds is 4. The molecule has 0 aliphatic carbocycles. The van der Waals surface area contributed by atoms with Crippen molar-refractivity contribution in [2.45, 2.75) is 6.42 Å². The molecule has 1 N–H and O–H groups in total. The van der Waals surface area contributed by atoms with Gasteiger partial charge in [0, 0.05) is 27.9 Å². The standard InChI is InChI=1S/C13H10BrNO2S/c14-10-4-1-3-9(7-10)11-8-18-12(15-11)5-2-6-13(16)17/h1-4,6-8H,5H2,(H,16,17)/b6-2+. The zero-order valence-corrected chi connectivity index (χ0v) is 11.7. The van der Waals surface area contributed by atoms with Crippen LogP contribution in [-0.2, 0) is 11.2 Å². The van der Waals surface area contributed by atoms with Gasteiger partial charge in [0.05, 0.1) is 10.7 Å². The lowest BCUT2D eigenvalue weighted by molar-refractivity contribution is -0.131. The molecule has 0 atom stereocenters. The predicted octanol–water partition coefficient (Wildman–Crippen LogP) is 3.76. The zero-order chi connectivity index (χ0) is 13.0. The Balaban J connectivity index is 2.13. The van der Waals surface area contributed by atoms with Gasteiger partial charge in [-0.25, -0.2) is 9.78 Å². The summed E-state index contributed by atoms with van der Waals surface area (Å²) >= 11 is 4.95. The van der Waals surface area contributed by atoms with Gasteiger partial charge in [0.15, 0.2) is 0 Å². The smallest absolute Gasteiger partial charge is 0.327 e. The van der Waals surface area contributed by atoms with Crippen molar-refractivity contribution in [2.24, 2.45) is 0 Å². The molecule has 0 fully saturated rings. The van der Waals surface area contributed by atoms with Gasteiger partial charge in [-0.05, 0) is 12.1 Å². The molecule has 0 bridgehead atoms. The van der Waals surface area contributed by atoms with Crippen molar-refractivity contribution in [3.05, 3.63) is 51.3 Å². The number of nitrogens with zero attached hydrogens (tertiary/aromatic N) is 1. The normalized spacial score (nSPS) is 10.9. The van der Waals surface area contributed by atoms with E-state index < -0.39 is 5.97 Å². The van der Waals surface area contributed by atoms with E-state index in [1.165, 1.54) is 11.3 Å². The van der Waals surface area contributed by atoms with Crippen LogP contribution in [0.3, 0.4) is 0 Å². The lowest BCUT2D eigenvalue weighted by Gasteiger charge is -1.96. The second kappa shape index (κ2) is 5.93. The molecule has 0 aliphatic heterocycles. The van der Waals surface area contributed by atoms with E-state index in [4.69, 9.17) is 5.11 Å². The lowest BCUT2D eigenvalue weighted by Crippen LogP contribution is -1.87. The van der Waals surface area contributed by atoms with Gasteiger partial charge in [0.25, 0.3) is 0 Å². The Labute approximate surface area is 117 Å². The highest BCUT2D eigenvalue weighted by atomic mass is 79.9. The summed E-state index contributed by atoms with van der Waals surface area (Å²) in [4.78, 5) is 14.8. The van der Waals surface area contributed by atoms with E-state index in [0.29, 0.717) is 6.42 Å². The van der Waals surface area contributed by atoms with Crippen molar-refractivity contribution in [1.29, 1.82) is 0 Å². The van der Waals surface area contributed by atoms with E-state index in [-0.39, 0.29) is 0 Å². The summed E-state index contributed by atoms with van der Waals surface area (Å²) in [6, 6.07) is 7.93. The zero-order valence-electron chi connectivity index (χ0n) is 9.34. The maximum Gasteiger partial charge on any atom is 0.327 e. The minimum atomic E-state index is -0.932. The number of aromatic nitrogens is 1. The van der Waals surface area contributed by atoms with Gasteiger partial charge in [-0.1, -0.05) is 34.1 Å². The first-order valence-corrected chi connectivity index (χ1v) is 6.92. The first kappa shape index (κ1) is 13.0. The van der Waals surface area contributed by atoms with Gasteiger partial charge in [-0.15, -0.1) is 11.3 Å². The third-order valence-corrected chi connectivity index (χ3v) is 3.59. The van der Waals surface area contributed by atoms with Gasteiger partial charge in [-0.3, -0.25) is 0 Å². The third-order valence-electron chi connectivity index (χ3n) is 2.23. The monoisotopic (exact) mass is 323 g/mol. The molecule has 92 valence electrons. The molecule has 0 amide bonds. The maximum atomic E-state index is 10.3. The minimum absolute atomic E-state index is 0.547. The van der Waals surface area contributed by atoms with E-state index in [1.807, 2.05) is 29.6 Å². The molecule has 5 heteroatoms. The summed E-state index contributed by atoms with van der Waals surface area (Å²) in [6.45, 7) is 0. The summed E-state index contributed by atoms with van der Waals surface area (Å²) in [5.41, 5.74) is 1.97. The quantitative estimate of drug-likeness (QED) is 0.871. The molecule has 2 rings (SSSR count). The van der Waals surface area contributed by atoms with Crippen molar-refractivity contribution < 1.29 is 9.90 Å². The fraction of sp³-hybridized carbons (Fsp3) is 0.0769. The van der Waals surface area contributed by atoms with Crippen LogP contribution in [0.2, 0.25) is 0 Å². The molecule has 0 radical (unpaired) electrons. The molecule has 1 heterocycles. The summed E-state index contributed by atoms with van der Waals surface area (Å²) in [6.07, 6.45) is 3.29. The van der Waals surface area contributed by atoms with Crippen molar-refractivity contribution in [3.8, 4) is 11.3 Å². The maximum absolute atomic E-state index is 10.3. The van der Waals surface area contributed by atoms with Crippen LogP contribution in [0, 0.1) is 0 Å². The predicted molar refractivity (Wildman–Crippen MR) is 75.7 cm³/mol. The summed E-state index contributed by atoms with van der Waals surface area (Å²) in [5, 5.41) is 11.4. The Hall–Kier alpha value is -1.46. The number of hydrogen-bond donors (Lipinski definition) is 1.